The predicted octanol–water partition coefficient (Wildman–Crippen LogP) is 1.84. The van der Waals surface area contributed by atoms with Crippen LogP contribution in [0.1, 0.15) is 38.5 Å². The third-order valence-electron chi connectivity index (χ3n) is 5.03. The van der Waals surface area contributed by atoms with Crippen LogP contribution in [0.15, 0.2) is 5.16 Å². The van der Waals surface area contributed by atoms with Crippen molar-refractivity contribution < 1.29 is 47.8 Å². The summed E-state index contributed by atoms with van der Waals surface area (Å²) in [5, 5.41) is 12.8. The van der Waals surface area contributed by atoms with E-state index in [4.69, 9.17) is 47.8 Å². The fourth-order valence-electron chi connectivity index (χ4n) is 3.17. The van der Waals surface area contributed by atoms with E-state index in [2.05, 4.69) is 5.16 Å². The molecule has 1 fully saturated rings. The van der Waals surface area contributed by atoms with Crippen molar-refractivity contribution in [3.63, 3.8) is 0 Å². The third-order valence-corrected chi connectivity index (χ3v) is 5.03. The molecule has 0 aromatic carbocycles. The SMILES string of the molecule is OCCOCCOCCOCCOCCOCCOCCOCCOCCON=C1CCCCCC1. The average molecular weight is 524 g/mol. The largest absolute Gasteiger partial charge is 0.394 e. The summed E-state index contributed by atoms with van der Waals surface area (Å²) < 4.78 is 43.1. The van der Waals surface area contributed by atoms with Crippen molar-refractivity contribution in [2.45, 2.75) is 38.5 Å². The Bertz CT molecular complexity index is 460. The monoisotopic (exact) mass is 523 g/mol. The molecule has 11 nitrogen and oxygen atoms in total. The summed E-state index contributed by atoms with van der Waals surface area (Å²) in [4.78, 5) is 5.35. The quantitative estimate of drug-likeness (QED) is 0.0971. The first-order valence-electron chi connectivity index (χ1n) is 13.3. The van der Waals surface area contributed by atoms with Crippen LogP contribution in [-0.2, 0) is 42.7 Å². The van der Waals surface area contributed by atoms with Crippen molar-refractivity contribution in [1.29, 1.82) is 0 Å². The van der Waals surface area contributed by atoms with Crippen molar-refractivity contribution in [2.75, 3.05) is 119 Å². The van der Waals surface area contributed by atoms with E-state index in [1.54, 1.807) is 0 Å². The van der Waals surface area contributed by atoms with Gasteiger partial charge in [0, 0.05) is 0 Å². The molecule has 0 saturated heterocycles. The minimum Gasteiger partial charge on any atom is -0.394 e. The van der Waals surface area contributed by atoms with Gasteiger partial charge in [-0.05, 0) is 25.7 Å². The fraction of sp³-hybridized carbons (Fsp3) is 0.960. The van der Waals surface area contributed by atoms with Crippen molar-refractivity contribution >= 4 is 5.71 Å². The number of nitrogens with zero attached hydrogens (tertiary/aromatic N) is 1. The normalized spacial score (nSPS) is 14.2. The summed E-state index contributed by atoms with van der Waals surface area (Å²) >= 11 is 0. The van der Waals surface area contributed by atoms with E-state index in [0.29, 0.717) is 112 Å². The lowest BCUT2D eigenvalue weighted by Gasteiger charge is -2.08. The number of hydrogen-bond acceptors (Lipinski definition) is 11. The van der Waals surface area contributed by atoms with Gasteiger partial charge in [-0.3, -0.25) is 0 Å². The maximum absolute atomic E-state index is 8.56. The molecule has 0 amide bonds. The minimum atomic E-state index is 0.0307. The number of oxime groups is 1. The molecule has 1 aliphatic rings. The van der Waals surface area contributed by atoms with E-state index < -0.39 is 0 Å². The van der Waals surface area contributed by atoms with Gasteiger partial charge in [0.15, 0.2) is 0 Å². The highest BCUT2D eigenvalue weighted by molar-refractivity contribution is 5.84. The molecule has 1 saturated carbocycles. The smallest absolute Gasteiger partial charge is 0.140 e. The molecule has 0 bridgehead atoms. The molecule has 0 radical (unpaired) electrons. The van der Waals surface area contributed by atoms with Crippen LogP contribution in [0.5, 0.6) is 0 Å². The van der Waals surface area contributed by atoms with Crippen LogP contribution < -0.4 is 0 Å². The Kier molecular flexibility index (Phi) is 26.4. The molecule has 1 N–H and O–H groups in total. The lowest BCUT2D eigenvalue weighted by Crippen LogP contribution is -2.15. The summed E-state index contributed by atoms with van der Waals surface area (Å²) in [6, 6.07) is 0. The molecule has 0 spiro atoms. The Morgan fingerprint density at radius 2 is 0.722 bits per heavy atom. The third kappa shape index (κ3) is 24.8. The molecule has 0 heterocycles. The van der Waals surface area contributed by atoms with Crippen LogP contribution in [0.4, 0.5) is 0 Å². The van der Waals surface area contributed by atoms with Crippen molar-refractivity contribution in [3.8, 4) is 0 Å². The lowest BCUT2D eigenvalue weighted by molar-refractivity contribution is -0.0254. The van der Waals surface area contributed by atoms with Crippen LogP contribution in [-0.4, -0.2) is 130 Å². The number of aliphatic hydroxyl groups excluding tert-OH is 1. The zero-order valence-corrected chi connectivity index (χ0v) is 22.0. The van der Waals surface area contributed by atoms with Gasteiger partial charge in [-0.25, -0.2) is 0 Å². The van der Waals surface area contributed by atoms with E-state index in [0.717, 1.165) is 12.8 Å². The van der Waals surface area contributed by atoms with Gasteiger partial charge in [0.25, 0.3) is 0 Å². The first-order valence-corrected chi connectivity index (χ1v) is 13.3. The summed E-state index contributed by atoms with van der Waals surface area (Å²) in [6.45, 7) is 8.59. The van der Waals surface area contributed by atoms with Gasteiger partial charge in [0.2, 0.25) is 0 Å². The fourth-order valence-corrected chi connectivity index (χ4v) is 3.17. The van der Waals surface area contributed by atoms with Gasteiger partial charge in [-0.1, -0.05) is 18.0 Å². The zero-order valence-electron chi connectivity index (χ0n) is 22.0. The van der Waals surface area contributed by atoms with Crippen LogP contribution in [0.25, 0.3) is 0 Å². The van der Waals surface area contributed by atoms with Crippen LogP contribution in [0.3, 0.4) is 0 Å². The maximum Gasteiger partial charge on any atom is 0.140 e. The second-order valence-corrected chi connectivity index (χ2v) is 8.03. The molecular weight excluding hydrogens is 474 g/mol. The lowest BCUT2D eigenvalue weighted by atomic mass is 10.2. The van der Waals surface area contributed by atoms with E-state index in [1.165, 1.54) is 31.4 Å². The molecule has 1 aliphatic carbocycles. The minimum absolute atomic E-state index is 0.0307. The standard InChI is InChI=1S/C25H49NO10/c27-7-8-28-9-10-29-11-12-30-13-14-31-15-16-32-17-18-33-19-20-34-21-22-35-23-24-36-26-25-5-3-1-2-4-6-25/h27H,1-24H2. The Balaban J connectivity index is 1.65. The molecule has 11 heteroatoms. The molecule has 0 aromatic rings. The van der Waals surface area contributed by atoms with E-state index >= 15 is 0 Å². The van der Waals surface area contributed by atoms with Gasteiger partial charge in [0.05, 0.1) is 118 Å². The van der Waals surface area contributed by atoms with Crippen molar-refractivity contribution in [1.82, 2.24) is 0 Å². The second kappa shape index (κ2) is 28.7. The summed E-state index contributed by atoms with van der Waals surface area (Å²) in [5.74, 6) is 0. The number of rotatable bonds is 27. The molecule has 0 aliphatic heterocycles. The van der Waals surface area contributed by atoms with Crippen LogP contribution in [0.2, 0.25) is 0 Å². The Labute approximate surface area is 216 Å². The van der Waals surface area contributed by atoms with E-state index in [-0.39, 0.29) is 6.61 Å². The predicted molar refractivity (Wildman–Crippen MR) is 135 cm³/mol. The number of ether oxygens (including phenoxy) is 8. The second-order valence-electron chi connectivity index (χ2n) is 8.03. The number of aliphatic hydroxyl groups is 1. The van der Waals surface area contributed by atoms with Crippen LogP contribution >= 0.6 is 0 Å². The van der Waals surface area contributed by atoms with E-state index in [9.17, 15) is 0 Å². The highest BCUT2D eigenvalue weighted by Gasteiger charge is 2.05. The molecule has 0 atom stereocenters. The highest BCUT2D eigenvalue weighted by atomic mass is 16.6. The van der Waals surface area contributed by atoms with Crippen molar-refractivity contribution in [2.24, 2.45) is 5.16 Å². The Hall–Kier alpha value is -0.890. The van der Waals surface area contributed by atoms with Crippen molar-refractivity contribution in [3.05, 3.63) is 0 Å². The molecule has 1 rings (SSSR count). The maximum atomic E-state index is 8.56. The van der Waals surface area contributed by atoms with Gasteiger partial charge < -0.3 is 47.8 Å². The summed E-state index contributed by atoms with van der Waals surface area (Å²) in [7, 11) is 0. The molecule has 36 heavy (non-hydrogen) atoms. The van der Waals surface area contributed by atoms with E-state index in [1.807, 2.05) is 0 Å². The Morgan fingerprint density at radius 1 is 0.417 bits per heavy atom. The van der Waals surface area contributed by atoms with Crippen LogP contribution in [0, 0.1) is 0 Å². The molecular formula is C25H49NO10. The summed E-state index contributed by atoms with van der Waals surface area (Å²) in [6.07, 6.45) is 7.19. The average Bonchev–Trinajstić information content (AvgIpc) is 3.17. The Morgan fingerprint density at radius 3 is 1.06 bits per heavy atom. The number of hydrogen-bond donors (Lipinski definition) is 1. The molecule has 0 unspecified atom stereocenters. The topological polar surface area (TPSA) is 116 Å². The first kappa shape index (κ1) is 33.1. The van der Waals surface area contributed by atoms with Gasteiger partial charge in [0.1, 0.15) is 6.61 Å². The van der Waals surface area contributed by atoms with Gasteiger partial charge in [-0.2, -0.15) is 0 Å². The molecule has 0 aromatic heterocycles. The zero-order chi connectivity index (χ0) is 25.6. The molecule has 214 valence electrons. The first-order chi connectivity index (χ1) is 17.9. The van der Waals surface area contributed by atoms with Gasteiger partial charge in [-0.15, -0.1) is 0 Å². The summed E-state index contributed by atoms with van der Waals surface area (Å²) in [5.41, 5.74) is 1.19. The highest BCUT2D eigenvalue weighted by Crippen LogP contribution is 2.14. The van der Waals surface area contributed by atoms with Gasteiger partial charge >= 0.3 is 0 Å².